The number of likely N-dealkylation sites (tertiary alicyclic amines) is 1. The van der Waals surface area contributed by atoms with E-state index in [9.17, 15) is 9.59 Å². The summed E-state index contributed by atoms with van der Waals surface area (Å²) in [6.45, 7) is 1.40. The zero-order valence-corrected chi connectivity index (χ0v) is 17.1. The van der Waals surface area contributed by atoms with E-state index in [4.69, 9.17) is 4.52 Å². The molecule has 9 heteroatoms. The number of rotatable bonds is 5. The highest BCUT2D eigenvalue weighted by molar-refractivity contribution is 7.12. The van der Waals surface area contributed by atoms with Crippen molar-refractivity contribution in [1.29, 1.82) is 0 Å². The van der Waals surface area contributed by atoms with Crippen LogP contribution in [0.5, 0.6) is 0 Å². The third kappa shape index (κ3) is 3.56. The van der Waals surface area contributed by atoms with Crippen molar-refractivity contribution in [2.45, 2.75) is 25.7 Å². The SMILES string of the molecule is O=C(Cc1noc2ccccc12)N1CCC(Cc2n[nH]c(=O)n2-c2cccs2)CC1. The average molecular weight is 423 g/mol. The smallest absolute Gasteiger partial charge is 0.348 e. The molecular weight excluding hydrogens is 402 g/mol. The van der Waals surface area contributed by atoms with E-state index >= 15 is 0 Å². The second-order valence-electron chi connectivity index (χ2n) is 7.56. The first-order valence-electron chi connectivity index (χ1n) is 10.0. The van der Waals surface area contributed by atoms with Gasteiger partial charge >= 0.3 is 5.69 Å². The molecule has 3 aromatic heterocycles. The molecule has 154 valence electrons. The Morgan fingerprint density at radius 2 is 2.03 bits per heavy atom. The summed E-state index contributed by atoms with van der Waals surface area (Å²) < 4.78 is 6.96. The zero-order valence-electron chi connectivity index (χ0n) is 16.3. The van der Waals surface area contributed by atoms with Crippen LogP contribution in [0.4, 0.5) is 0 Å². The summed E-state index contributed by atoms with van der Waals surface area (Å²) in [5.41, 5.74) is 1.18. The van der Waals surface area contributed by atoms with Gasteiger partial charge in [0.05, 0.1) is 6.42 Å². The summed E-state index contributed by atoms with van der Waals surface area (Å²) in [5.74, 6) is 1.21. The predicted octanol–water partition coefficient (Wildman–Crippen LogP) is 2.79. The van der Waals surface area contributed by atoms with Crippen LogP contribution in [0.15, 0.2) is 51.1 Å². The number of amides is 1. The predicted molar refractivity (Wildman–Crippen MR) is 113 cm³/mol. The van der Waals surface area contributed by atoms with Gasteiger partial charge in [-0.3, -0.25) is 4.79 Å². The minimum Gasteiger partial charge on any atom is -0.356 e. The van der Waals surface area contributed by atoms with Gasteiger partial charge in [0.1, 0.15) is 16.5 Å². The number of fused-ring (bicyclic) bond motifs is 1. The fraction of sp³-hybridized carbons (Fsp3) is 0.333. The number of para-hydroxylation sites is 1. The topological polar surface area (TPSA) is 97.0 Å². The van der Waals surface area contributed by atoms with Gasteiger partial charge in [0.2, 0.25) is 5.91 Å². The van der Waals surface area contributed by atoms with Gasteiger partial charge in [0, 0.05) is 24.9 Å². The Kier molecular flexibility index (Phi) is 4.96. The number of nitrogens with zero attached hydrogens (tertiary/aromatic N) is 4. The average Bonchev–Trinajstić information content (AvgIpc) is 3.50. The monoisotopic (exact) mass is 423 g/mol. The Balaban J connectivity index is 1.21. The standard InChI is InChI=1S/C21H21N5O3S/c27-19(13-16-15-4-1-2-5-17(15)29-24-16)25-9-7-14(8-10-25)12-18-22-23-21(28)26(18)20-6-3-11-30-20/h1-6,11,14H,7-10,12-13H2,(H,23,28). The number of carbonyl (C=O) groups is 1. The molecule has 0 aliphatic carbocycles. The number of piperidine rings is 1. The Bertz CT molecular complexity index is 1210. The molecule has 1 aromatic carbocycles. The molecular formula is C21H21N5O3S. The molecule has 0 radical (unpaired) electrons. The number of thiophene rings is 1. The van der Waals surface area contributed by atoms with Crippen molar-refractivity contribution < 1.29 is 9.32 Å². The molecule has 4 heterocycles. The second-order valence-corrected chi connectivity index (χ2v) is 8.49. The van der Waals surface area contributed by atoms with Crippen molar-refractivity contribution in [3.05, 3.63) is 63.8 Å². The van der Waals surface area contributed by atoms with Gasteiger partial charge in [-0.05, 0) is 48.4 Å². The summed E-state index contributed by atoms with van der Waals surface area (Å²) in [5, 5.41) is 14.6. The Hall–Kier alpha value is -3.20. The number of aromatic amines is 1. The highest BCUT2D eigenvalue weighted by atomic mass is 32.1. The number of aromatic nitrogens is 4. The Morgan fingerprint density at radius 3 is 2.83 bits per heavy atom. The maximum absolute atomic E-state index is 12.8. The van der Waals surface area contributed by atoms with E-state index in [1.54, 1.807) is 4.57 Å². The van der Waals surface area contributed by atoms with Crippen molar-refractivity contribution in [2.75, 3.05) is 13.1 Å². The van der Waals surface area contributed by atoms with Crippen LogP contribution in [0.25, 0.3) is 16.0 Å². The zero-order chi connectivity index (χ0) is 20.5. The van der Waals surface area contributed by atoms with E-state index in [0.717, 1.165) is 29.1 Å². The molecule has 0 spiro atoms. The van der Waals surface area contributed by atoms with Crippen molar-refractivity contribution in [3.63, 3.8) is 0 Å². The minimum absolute atomic E-state index is 0.0720. The first-order valence-corrected chi connectivity index (χ1v) is 10.9. The van der Waals surface area contributed by atoms with Crippen LogP contribution in [0.3, 0.4) is 0 Å². The lowest BCUT2D eigenvalue weighted by atomic mass is 9.93. The van der Waals surface area contributed by atoms with Crippen molar-refractivity contribution in [2.24, 2.45) is 5.92 Å². The molecule has 0 unspecified atom stereocenters. The van der Waals surface area contributed by atoms with Crippen molar-refractivity contribution >= 4 is 28.2 Å². The maximum Gasteiger partial charge on any atom is 0.348 e. The van der Waals surface area contributed by atoms with Crippen molar-refractivity contribution in [3.8, 4) is 5.00 Å². The number of nitrogens with one attached hydrogen (secondary N) is 1. The fourth-order valence-corrected chi connectivity index (χ4v) is 4.80. The first kappa shape index (κ1) is 18.8. The molecule has 1 saturated heterocycles. The molecule has 8 nitrogen and oxygen atoms in total. The van der Waals surface area contributed by atoms with Gasteiger partial charge in [-0.15, -0.1) is 11.3 Å². The highest BCUT2D eigenvalue weighted by Crippen LogP contribution is 2.24. The van der Waals surface area contributed by atoms with Crippen LogP contribution < -0.4 is 5.69 Å². The van der Waals surface area contributed by atoms with E-state index in [2.05, 4.69) is 15.4 Å². The summed E-state index contributed by atoms with van der Waals surface area (Å²) in [4.78, 5) is 26.8. The Labute approximate surface area is 176 Å². The van der Waals surface area contributed by atoms with Crippen molar-refractivity contribution in [1.82, 2.24) is 24.8 Å². The molecule has 0 atom stereocenters. The molecule has 0 saturated carbocycles. The third-order valence-corrected chi connectivity index (χ3v) is 6.53. The lowest BCUT2D eigenvalue weighted by Crippen LogP contribution is -2.40. The fourth-order valence-electron chi connectivity index (χ4n) is 4.06. The summed E-state index contributed by atoms with van der Waals surface area (Å²) in [6.07, 6.45) is 2.74. The van der Waals surface area contributed by atoms with Gasteiger partial charge in [0.25, 0.3) is 0 Å². The van der Waals surface area contributed by atoms with Gasteiger partial charge < -0.3 is 9.42 Å². The number of hydrogen-bond donors (Lipinski definition) is 1. The van der Waals surface area contributed by atoms with Gasteiger partial charge in [-0.25, -0.2) is 14.5 Å². The Morgan fingerprint density at radius 1 is 1.20 bits per heavy atom. The third-order valence-electron chi connectivity index (χ3n) is 5.68. The maximum atomic E-state index is 12.8. The normalized spacial score (nSPS) is 15.1. The largest absolute Gasteiger partial charge is 0.356 e. The number of H-pyrrole nitrogens is 1. The van der Waals surface area contributed by atoms with E-state index < -0.39 is 0 Å². The minimum atomic E-state index is -0.208. The van der Waals surface area contributed by atoms with Crippen LogP contribution in [-0.2, 0) is 17.6 Å². The molecule has 1 N–H and O–H groups in total. The van der Waals surface area contributed by atoms with Gasteiger partial charge in [-0.2, -0.15) is 5.10 Å². The highest BCUT2D eigenvalue weighted by Gasteiger charge is 2.26. The molecule has 1 amide bonds. The molecule has 4 aromatic rings. The summed E-state index contributed by atoms with van der Waals surface area (Å²) in [6, 6.07) is 11.4. The van der Waals surface area contributed by atoms with Crippen LogP contribution in [0, 0.1) is 5.92 Å². The molecule has 5 rings (SSSR count). The first-order chi connectivity index (χ1) is 14.7. The number of benzene rings is 1. The molecule has 0 bridgehead atoms. The molecule has 1 aliphatic rings. The number of hydrogen-bond acceptors (Lipinski definition) is 6. The lowest BCUT2D eigenvalue weighted by molar-refractivity contribution is -0.131. The van der Waals surface area contributed by atoms with Crippen LogP contribution in [0.1, 0.15) is 24.4 Å². The molecule has 30 heavy (non-hydrogen) atoms. The second kappa shape index (κ2) is 7.91. The van der Waals surface area contributed by atoms with E-state index in [0.29, 0.717) is 36.7 Å². The van der Waals surface area contributed by atoms with Crippen LogP contribution >= 0.6 is 11.3 Å². The van der Waals surface area contributed by atoms with Crippen LogP contribution in [-0.4, -0.2) is 43.8 Å². The van der Waals surface area contributed by atoms with Gasteiger partial charge in [-0.1, -0.05) is 17.3 Å². The summed E-state index contributed by atoms with van der Waals surface area (Å²) >= 11 is 1.51. The van der Waals surface area contributed by atoms with E-state index in [-0.39, 0.29) is 18.0 Å². The summed E-state index contributed by atoms with van der Waals surface area (Å²) in [7, 11) is 0. The van der Waals surface area contributed by atoms with E-state index in [1.807, 2.05) is 46.7 Å². The molecule has 1 aliphatic heterocycles. The van der Waals surface area contributed by atoms with Gasteiger partial charge in [0.15, 0.2) is 5.58 Å². The molecule has 1 fully saturated rings. The van der Waals surface area contributed by atoms with E-state index in [1.165, 1.54) is 11.3 Å². The number of carbonyl (C=O) groups excluding carboxylic acids is 1. The lowest BCUT2D eigenvalue weighted by Gasteiger charge is -2.31. The van der Waals surface area contributed by atoms with Crippen LogP contribution in [0.2, 0.25) is 0 Å². The quantitative estimate of drug-likeness (QED) is 0.532.